The number of hydrogen-bond acceptors (Lipinski definition) is 4. The molecule has 5 nitrogen and oxygen atoms in total. The maximum Gasteiger partial charge on any atom is 0.253 e. The standard InChI is InChI=1S/C34H30FN3O2S/c1-23-7-9-24(10-8-23)20-37-21-33(29-5-3-4-6-31(29)37)41-22-34(39)38-32(26-11-15-27(35)16-12-26)19-30(36-38)25-13-17-28(40-2)18-14-25/h3-18,21,32H,19-20,22H2,1-2H3. The number of aryl methyl sites for hydroxylation is 1. The second-order valence-electron chi connectivity index (χ2n) is 10.2. The number of carbonyl (C=O) groups is 1. The summed E-state index contributed by atoms with van der Waals surface area (Å²) in [4.78, 5) is 14.8. The Morgan fingerprint density at radius 3 is 2.44 bits per heavy atom. The van der Waals surface area contributed by atoms with Crippen molar-refractivity contribution < 1.29 is 13.9 Å². The number of hydrogen-bond donors (Lipinski definition) is 0. The molecule has 0 N–H and O–H groups in total. The smallest absolute Gasteiger partial charge is 0.253 e. The van der Waals surface area contributed by atoms with Gasteiger partial charge >= 0.3 is 0 Å². The van der Waals surface area contributed by atoms with Crippen molar-refractivity contribution in [2.24, 2.45) is 5.10 Å². The molecule has 1 aliphatic rings. The van der Waals surface area contributed by atoms with Crippen molar-refractivity contribution in [1.29, 1.82) is 0 Å². The van der Waals surface area contributed by atoms with Crippen molar-refractivity contribution in [2.45, 2.75) is 30.8 Å². The third kappa shape index (κ3) is 5.77. The van der Waals surface area contributed by atoms with E-state index in [0.717, 1.165) is 44.9 Å². The Balaban J connectivity index is 1.25. The minimum Gasteiger partial charge on any atom is -0.497 e. The average Bonchev–Trinajstić information content (AvgIpc) is 3.60. The zero-order chi connectivity index (χ0) is 28.3. The lowest BCUT2D eigenvalue weighted by Gasteiger charge is -2.22. The van der Waals surface area contributed by atoms with Gasteiger partial charge in [-0.3, -0.25) is 4.79 Å². The van der Waals surface area contributed by atoms with Gasteiger partial charge in [0, 0.05) is 35.0 Å². The molecule has 0 saturated carbocycles. The van der Waals surface area contributed by atoms with E-state index in [-0.39, 0.29) is 23.5 Å². The summed E-state index contributed by atoms with van der Waals surface area (Å²) in [5.74, 6) is 0.588. The van der Waals surface area contributed by atoms with Crippen molar-refractivity contribution in [1.82, 2.24) is 9.58 Å². The normalized spacial score (nSPS) is 14.9. The number of para-hydroxylation sites is 1. The Hall–Kier alpha value is -4.36. The zero-order valence-electron chi connectivity index (χ0n) is 23.0. The Labute approximate surface area is 243 Å². The predicted octanol–water partition coefficient (Wildman–Crippen LogP) is 7.62. The maximum absolute atomic E-state index is 13.7. The van der Waals surface area contributed by atoms with Crippen LogP contribution in [0.15, 0.2) is 113 Å². The van der Waals surface area contributed by atoms with Crippen molar-refractivity contribution in [3.8, 4) is 5.75 Å². The van der Waals surface area contributed by atoms with Crippen molar-refractivity contribution in [2.75, 3.05) is 12.9 Å². The first-order valence-corrected chi connectivity index (χ1v) is 14.5. The van der Waals surface area contributed by atoms with Crippen LogP contribution in [0.4, 0.5) is 4.39 Å². The number of fused-ring (bicyclic) bond motifs is 1. The van der Waals surface area contributed by atoms with Crippen LogP contribution in [0.3, 0.4) is 0 Å². The molecule has 1 unspecified atom stereocenters. The monoisotopic (exact) mass is 563 g/mol. The quantitative estimate of drug-likeness (QED) is 0.183. The van der Waals surface area contributed by atoms with E-state index in [0.29, 0.717) is 6.42 Å². The average molecular weight is 564 g/mol. The molecule has 1 aliphatic heterocycles. The number of thioether (sulfide) groups is 1. The van der Waals surface area contributed by atoms with E-state index in [4.69, 9.17) is 9.84 Å². The summed E-state index contributed by atoms with van der Waals surface area (Å²) >= 11 is 1.52. The number of ether oxygens (including phenoxy) is 1. The number of rotatable bonds is 8. The fourth-order valence-corrected chi connectivity index (χ4v) is 6.14. The summed E-state index contributed by atoms with van der Waals surface area (Å²) in [5, 5.41) is 7.48. The Morgan fingerprint density at radius 1 is 0.976 bits per heavy atom. The first-order chi connectivity index (χ1) is 20.0. The summed E-state index contributed by atoms with van der Waals surface area (Å²) in [6.07, 6.45) is 2.68. The summed E-state index contributed by atoms with van der Waals surface area (Å²) in [6.45, 7) is 2.84. The molecular formula is C34H30FN3O2S. The minimum absolute atomic E-state index is 0.0943. The number of carbonyl (C=O) groups excluding carboxylic acids is 1. The van der Waals surface area contributed by atoms with Crippen LogP contribution in [-0.2, 0) is 11.3 Å². The van der Waals surface area contributed by atoms with Crippen molar-refractivity contribution >= 4 is 34.3 Å². The second-order valence-corrected chi connectivity index (χ2v) is 11.2. The van der Waals surface area contributed by atoms with Crippen LogP contribution in [0.5, 0.6) is 5.75 Å². The Bertz CT molecular complexity index is 1710. The van der Waals surface area contributed by atoms with Crippen LogP contribution >= 0.6 is 11.8 Å². The SMILES string of the molecule is COc1ccc(C2=NN(C(=O)CSc3cn(Cc4ccc(C)cc4)c4ccccc34)C(c3ccc(F)cc3)C2)cc1. The van der Waals surface area contributed by atoms with Crippen LogP contribution in [0.25, 0.3) is 10.9 Å². The third-order valence-electron chi connectivity index (χ3n) is 7.42. The number of hydrazone groups is 1. The fourth-order valence-electron chi connectivity index (χ4n) is 5.20. The van der Waals surface area contributed by atoms with Crippen LogP contribution in [0.1, 0.15) is 34.7 Å². The minimum atomic E-state index is -0.307. The van der Waals surface area contributed by atoms with Gasteiger partial charge in [-0.05, 0) is 66.1 Å². The number of aromatic nitrogens is 1. The molecule has 0 saturated heterocycles. The summed E-state index contributed by atoms with van der Waals surface area (Å²) < 4.78 is 21.2. The molecule has 4 aromatic carbocycles. The highest BCUT2D eigenvalue weighted by Crippen LogP contribution is 2.36. The van der Waals surface area contributed by atoms with Gasteiger partial charge in [0.2, 0.25) is 0 Å². The molecule has 206 valence electrons. The lowest BCUT2D eigenvalue weighted by molar-refractivity contribution is -0.130. The van der Waals surface area contributed by atoms with Gasteiger partial charge in [0.1, 0.15) is 11.6 Å². The first kappa shape index (κ1) is 26.8. The molecule has 0 radical (unpaired) electrons. The molecule has 6 rings (SSSR count). The van der Waals surface area contributed by atoms with E-state index in [2.05, 4.69) is 54.1 Å². The van der Waals surface area contributed by atoms with E-state index in [1.807, 2.05) is 36.4 Å². The molecule has 5 aromatic rings. The molecule has 1 amide bonds. The zero-order valence-corrected chi connectivity index (χ0v) is 23.8. The van der Waals surface area contributed by atoms with Crippen LogP contribution in [0, 0.1) is 12.7 Å². The number of nitrogens with zero attached hydrogens (tertiary/aromatic N) is 3. The lowest BCUT2D eigenvalue weighted by atomic mass is 9.98. The largest absolute Gasteiger partial charge is 0.497 e. The summed E-state index contributed by atoms with van der Waals surface area (Å²) in [6, 6.07) is 30.6. The van der Waals surface area contributed by atoms with Gasteiger partial charge in [-0.25, -0.2) is 9.40 Å². The molecule has 7 heteroatoms. The van der Waals surface area contributed by atoms with E-state index in [1.54, 1.807) is 24.3 Å². The van der Waals surface area contributed by atoms with Crippen molar-refractivity contribution in [3.63, 3.8) is 0 Å². The number of halogens is 1. The second kappa shape index (κ2) is 11.6. The highest BCUT2D eigenvalue weighted by Gasteiger charge is 2.33. The maximum atomic E-state index is 13.7. The molecule has 1 atom stereocenters. The van der Waals surface area contributed by atoms with Crippen LogP contribution < -0.4 is 4.74 Å². The van der Waals surface area contributed by atoms with Crippen LogP contribution in [0.2, 0.25) is 0 Å². The third-order valence-corrected chi connectivity index (χ3v) is 8.45. The van der Waals surface area contributed by atoms with Crippen LogP contribution in [-0.4, -0.2) is 34.1 Å². The molecule has 0 fully saturated rings. The molecule has 0 bridgehead atoms. The predicted molar refractivity (Wildman–Crippen MR) is 163 cm³/mol. The lowest BCUT2D eigenvalue weighted by Crippen LogP contribution is -2.28. The van der Waals surface area contributed by atoms with Gasteiger partial charge in [-0.2, -0.15) is 5.10 Å². The van der Waals surface area contributed by atoms with E-state index >= 15 is 0 Å². The highest BCUT2D eigenvalue weighted by molar-refractivity contribution is 8.00. The van der Waals surface area contributed by atoms with Gasteiger partial charge in [-0.15, -0.1) is 11.8 Å². The fraction of sp³-hybridized carbons (Fsp3) is 0.176. The van der Waals surface area contributed by atoms with E-state index < -0.39 is 0 Å². The molecular weight excluding hydrogens is 533 g/mol. The molecule has 1 aromatic heterocycles. The van der Waals surface area contributed by atoms with Gasteiger partial charge in [0.15, 0.2) is 0 Å². The summed E-state index contributed by atoms with van der Waals surface area (Å²) in [5.41, 5.74) is 6.19. The van der Waals surface area contributed by atoms with Gasteiger partial charge in [-0.1, -0.05) is 60.2 Å². The van der Waals surface area contributed by atoms with E-state index in [9.17, 15) is 9.18 Å². The Kier molecular flexibility index (Phi) is 7.61. The Morgan fingerprint density at radius 2 is 1.71 bits per heavy atom. The topological polar surface area (TPSA) is 46.8 Å². The summed E-state index contributed by atoms with van der Waals surface area (Å²) in [7, 11) is 1.63. The van der Waals surface area contributed by atoms with Gasteiger partial charge < -0.3 is 9.30 Å². The first-order valence-electron chi connectivity index (χ1n) is 13.5. The van der Waals surface area contributed by atoms with Crippen molar-refractivity contribution in [3.05, 3.63) is 131 Å². The number of amides is 1. The van der Waals surface area contributed by atoms with E-state index in [1.165, 1.54) is 35.0 Å². The molecule has 0 spiro atoms. The van der Waals surface area contributed by atoms with Gasteiger partial charge in [0.05, 0.1) is 24.6 Å². The highest BCUT2D eigenvalue weighted by atomic mass is 32.2. The molecule has 2 heterocycles. The van der Waals surface area contributed by atoms with Gasteiger partial charge in [0.25, 0.3) is 5.91 Å². The molecule has 0 aliphatic carbocycles. The number of methoxy groups -OCH3 is 1. The molecule has 41 heavy (non-hydrogen) atoms. The number of benzene rings is 4.